The molecule has 0 aliphatic carbocycles. The van der Waals surface area contributed by atoms with E-state index in [1.807, 2.05) is 13.8 Å². The van der Waals surface area contributed by atoms with Crippen molar-refractivity contribution in [2.45, 2.75) is 26.7 Å². The van der Waals surface area contributed by atoms with Gasteiger partial charge in [-0.2, -0.15) is 0 Å². The molecule has 0 saturated carbocycles. The minimum Gasteiger partial charge on any atom is -0.372 e. The van der Waals surface area contributed by atoms with Gasteiger partial charge in [0.1, 0.15) is 6.61 Å². The first kappa shape index (κ1) is 14.0. The third kappa shape index (κ3) is 3.43. The monoisotopic (exact) mass is 242 g/mol. The van der Waals surface area contributed by atoms with Gasteiger partial charge >= 0.3 is 0 Å². The number of rotatable bonds is 5. The van der Waals surface area contributed by atoms with E-state index in [4.69, 9.17) is 4.74 Å². The lowest BCUT2D eigenvalue weighted by Crippen LogP contribution is -2.41. The Hall–Kier alpha value is -1.10. The molecule has 1 aliphatic rings. The Labute approximate surface area is 102 Å². The first-order valence-corrected chi connectivity index (χ1v) is 6.11. The van der Waals surface area contributed by atoms with Crippen molar-refractivity contribution in [3.63, 3.8) is 0 Å². The van der Waals surface area contributed by atoms with Crippen LogP contribution < -0.4 is 5.32 Å². The van der Waals surface area contributed by atoms with Crippen LogP contribution in [0, 0.1) is 5.41 Å². The van der Waals surface area contributed by atoms with Gasteiger partial charge in [-0.1, -0.05) is 6.92 Å². The van der Waals surface area contributed by atoms with Crippen LogP contribution in [0.1, 0.15) is 26.7 Å². The first-order valence-electron chi connectivity index (χ1n) is 6.11. The number of likely N-dealkylation sites (tertiary alicyclic amines) is 1. The molecule has 0 radical (unpaired) electrons. The molecule has 1 aliphatic heterocycles. The fraction of sp³-hybridized carbons (Fsp3) is 0.833. The van der Waals surface area contributed by atoms with Crippen LogP contribution in [0.5, 0.6) is 0 Å². The van der Waals surface area contributed by atoms with Gasteiger partial charge in [-0.05, 0) is 19.8 Å². The maximum atomic E-state index is 11.8. The number of hydrogen-bond acceptors (Lipinski definition) is 3. The van der Waals surface area contributed by atoms with Gasteiger partial charge in [-0.15, -0.1) is 0 Å². The van der Waals surface area contributed by atoms with Crippen LogP contribution in [-0.4, -0.2) is 50.1 Å². The van der Waals surface area contributed by atoms with E-state index in [1.165, 1.54) is 0 Å². The van der Waals surface area contributed by atoms with Gasteiger partial charge in [-0.3, -0.25) is 9.59 Å². The Morgan fingerprint density at radius 1 is 1.47 bits per heavy atom. The highest BCUT2D eigenvalue weighted by Gasteiger charge is 2.41. The Balaban J connectivity index is 2.44. The third-order valence-corrected chi connectivity index (χ3v) is 3.18. The molecule has 0 aromatic rings. The topological polar surface area (TPSA) is 58.6 Å². The second-order valence-electron chi connectivity index (χ2n) is 4.76. The van der Waals surface area contributed by atoms with Crippen molar-refractivity contribution in [2.24, 2.45) is 5.41 Å². The molecule has 1 N–H and O–H groups in total. The van der Waals surface area contributed by atoms with Crippen molar-refractivity contribution in [1.29, 1.82) is 0 Å². The van der Waals surface area contributed by atoms with E-state index in [0.717, 1.165) is 6.42 Å². The summed E-state index contributed by atoms with van der Waals surface area (Å²) >= 11 is 0. The molecule has 1 saturated heterocycles. The molecule has 98 valence electrons. The summed E-state index contributed by atoms with van der Waals surface area (Å²) < 4.78 is 5.22. The summed E-state index contributed by atoms with van der Waals surface area (Å²) in [5, 5.41) is 2.65. The SMILES string of the molecule is CCCOCC(=O)N1CCC(C)(C(=O)NC)C1. The Kier molecular flexibility index (Phi) is 4.93. The molecule has 1 rings (SSSR count). The Bertz CT molecular complexity index is 293. The zero-order valence-electron chi connectivity index (χ0n) is 10.9. The van der Waals surface area contributed by atoms with Gasteiger partial charge in [0.2, 0.25) is 11.8 Å². The van der Waals surface area contributed by atoms with E-state index in [2.05, 4.69) is 5.32 Å². The molecular formula is C12H22N2O3. The van der Waals surface area contributed by atoms with Crippen molar-refractivity contribution in [1.82, 2.24) is 10.2 Å². The molecule has 1 unspecified atom stereocenters. The number of carbonyl (C=O) groups is 2. The predicted molar refractivity (Wildman–Crippen MR) is 64.5 cm³/mol. The smallest absolute Gasteiger partial charge is 0.248 e. The summed E-state index contributed by atoms with van der Waals surface area (Å²) in [6, 6.07) is 0. The molecule has 17 heavy (non-hydrogen) atoms. The molecule has 0 aromatic heterocycles. The lowest BCUT2D eigenvalue weighted by atomic mass is 9.89. The highest BCUT2D eigenvalue weighted by Crippen LogP contribution is 2.29. The number of hydrogen-bond donors (Lipinski definition) is 1. The molecule has 0 spiro atoms. The largest absolute Gasteiger partial charge is 0.372 e. The van der Waals surface area contributed by atoms with E-state index >= 15 is 0 Å². The zero-order chi connectivity index (χ0) is 12.9. The van der Waals surface area contributed by atoms with Gasteiger partial charge in [-0.25, -0.2) is 0 Å². The van der Waals surface area contributed by atoms with Crippen LogP contribution in [0.3, 0.4) is 0 Å². The van der Waals surface area contributed by atoms with Gasteiger partial charge in [0, 0.05) is 26.7 Å². The van der Waals surface area contributed by atoms with Crippen molar-refractivity contribution in [3.05, 3.63) is 0 Å². The maximum Gasteiger partial charge on any atom is 0.248 e. The lowest BCUT2D eigenvalue weighted by Gasteiger charge is -2.22. The van der Waals surface area contributed by atoms with Gasteiger partial charge in [0.25, 0.3) is 0 Å². The van der Waals surface area contributed by atoms with E-state index in [1.54, 1.807) is 11.9 Å². The van der Waals surface area contributed by atoms with Gasteiger partial charge < -0.3 is 15.0 Å². The molecule has 2 amide bonds. The van der Waals surface area contributed by atoms with E-state index in [0.29, 0.717) is 26.1 Å². The molecule has 0 bridgehead atoms. The fourth-order valence-corrected chi connectivity index (χ4v) is 2.06. The summed E-state index contributed by atoms with van der Waals surface area (Å²) in [6.45, 7) is 5.75. The summed E-state index contributed by atoms with van der Waals surface area (Å²) in [6.07, 6.45) is 1.62. The fourth-order valence-electron chi connectivity index (χ4n) is 2.06. The van der Waals surface area contributed by atoms with Gasteiger partial charge in [0.05, 0.1) is 5.41 Å². The zero-order valence-corrected chi connectivity index (χ0v) is 10.9. The number of nitrogens with one attached hydrogen (secondary N) is 1. The van der Waals surface area contributed by atoms with E-state index in [9.17, 15) is 9.59 Å². The molecule has 1 fully saturated rings. The molecule has 0 aromatic carbocycles. The lowest BCUT2D eigenvalue weighted by molar-refractivity contribution is -0.136. The van der Waals surface area contributed by atoms with Gasteiger partial charge in [0.15, 0.2) is 0 Å². The van der Waals surface area contributed by atoms with Crippen molar-refractivity contribution in [3.8, 4) is 0 Å². The molecule has 5 nitrogen and oxygen atoms in total. The average molecular weight is 242 g/mol. The maximum absolute atomic E-state index is 11.8. The van der Waals surface area contributed by atoms with Crippen LogP contribution >= 0.6 is 0 Å². The summed E-state index contributed by atoms with van der Waals surface area (Å²) in [7, 11) is 1.63. The van der Waals surface area contributed by atoms with Crippen molar-refractivity contribution >= 4 is 11.8 Å². The summed E-state index contributed by atoms with van der Waals surface area (Å²) in [4.78, 5) is 25.2. The number of carbonyl (C=O) groups excluding carboxylic acids is 2. The van der Waals surface area contributed by atoms with Crippen LogP contribution in [0.2, 0.25) is 0 Å². The van der Waals surface area contributed by atoms with Crippen molar-refractivity contribution in [2.75, 3.05) is 33.4 Å². The van der Waals surface area contributed by atoms with Crippen LogP contribution in [-0.2, 0) is 14.3 Å². The number of ether oxygens (including phenoxy) is 1. The second-order valence-corrected chi connectivity index (χ2v) is 4.76. The second kappa shape index (κ2) is 6.00. The van der Waals surface area contributed by atoms with Crippen molar-refractivity contribution < 1.29 is 14.3 Å². The third-order valence-electron chi connectivity index (χ3n) is 3.18. The van der Waals surface area contributed by atoms with Crippen LogP contribution in [0.25, 0.3) is 0 Å². The minimum atomic E-state index is -0.449. The minimum absolute atomic E-state index is 0.00211. The summed E-state index contributed by atoms with van der Waals surface area (Å²) in [5.41, 5.74) is -0.449. The quantitative estimate of drug-likeness (QED) is 0.710. The molecule has 1 atom stereocenters. The summed E-state index contributed by atoms with van der Waals surface area (Å²) in [5.74, 6) is -0.0200. The van der Waals surface area contributed by atoms with E-state index < -0.39 is 5.41 Å². The van der Waals surface area contributed by atoms with Crippen LogP contribution in [0.15, 0.2) is 0 Å². The predicted octanol–water partition coefficient (Wildman–Crippen LogP) is 0.398. The van der Waals surface area contributed by atoms with Crippen LogP contribution in [0.4, 0.5) is 0 Å². The Morgan fingerprint density at radius 2 is 2.18 bits per heavy atom. The standard InChI is InChI=1S/C12H22N2O3/c1-4-7-17-8-10(15)14-6-5-12(2,9-14)11(16)13-3/h4-9H2,1-3H3,(H,13,16). The first-order chi connectivity index (χ1) is 8.03. The average Bonchev–Trinajstić information content (AvgIpc) is 2.72. The highest BCUT2D eigenvalue weighted by molar-refractivity contribution is 5.85. The Morgan fingerprint density at radius 3 is 2.76 bits per heavy atom. The molecular weight excluding hydrogens is 220 g/mol. The molecule has 5 heteroatoms. The number of amides is 2. The molecule has 1 heterocycles. The van der Waals surface area contributed by atoms with E-state index in [-0.39, 0.29) is 18.4 Å². The highest BCUT2D eigenvalue weighted by atomic mass is 16.5. The number of nitrogens with zero attached hydrogens (tertiary/aromatic N) is 1. The normalized spacial score (nSPS) is 23.8.